The summed E-state index contributed by atoms with van der Waals surface area (Å²) in [7, 11) is 0. The number of hydrogen-bond donors (Lipinski definition) is 2. The number of amides is 5. The third kappa shape index (κ3) is 4.88. The van der Waals surface area contributed by atoms with Gasteiger partial charge >= 0.3 is 6.03 Å². The Balaban J connectivity index is 1.21. The number of piperazine rings is 1. The van der Waals surface area contributed by atoms with E-state index in [2.05, 4.69) is 10.6 Å². The van der Waals surface area contributed by atoms with Gasteiger partial charge in [0.1, 0.15) is 5.54 Å². The number of urea groups is 1. The SMILES string of the molecule is Cc1cccc(C)c1NC(=O)CN1CCN(C(=O)CCN2C(=O)NC3(CCCC3)C2=O)CC1. The Morgan fingerprint density at radius 2 is 1.67 bits per heavy atom. The molecule has 5 amide bonds. The van der Waals surface area contributed by atoms with E-state index >= 15 is 0 Å². The molecule has 0 bridgehead atoms. The molecule has 2 N–H and O–H groups in total. The number of hydrogen-bond acceptors (Lipinski definition) is 5. The van der Waals surface area contributed by atoms with Crippen molar-refractivity contribution in [2.45, 2.75) is 51.5 Å². The highest BCUT2D eigenvalue weighted by atomic mass is 16.2. The van der Waals surface area contributed by atoms with Crippen LogP contribution in [0.3, 0.4) is 0 Å². The maximum Gasteiger partial charge on any atom is 0.325 e. The van der Waals surface area contributed by atoms with Crippen LogP contribution in [0.4, 0.5) is 10.5 Å². The molecule has 1 saturated carbocycles. The van der Waals surface area contributed by atoms with Gasteiger partial charge in [0.2, 0.25) is 11.8 Å². The summed E-state index contributed by atoms with van der Waals surface area (Å²) in [5, 5.41) is 5.85. The van der Waals surface area contributed by atoms with Gasteiger partial charge in [-0.3, -0.25) is 24.2 Å². The number of carbonyl (C=O) groups excluding carboxylic acids is 4. The van der Waals surface area contributed by atoms with Crippen molar-refractivity contribution < 1.29 is 19.2 Å². The average molecular weight is 456 g/mol. The molecule has 1 aromatic carbocycles. The molecule has 1 aromatic rings. The van der Waals surface area contributed by atoms with Crippen LogP contribution < -0.4 is 10.6 Å². The molecular weight excluding hydrogens is 422 g/mol. The molecule has 4 rings (SSSR count). The van der Waals surface area contributed by atoms with E-state index in [-0.39, 0.29) is 43.3 Å². The normalized spacial score (nSPS) is 20.4. The van der Waals surface area contributed by atoms with E-state index in [4.69, 9.17) is 0 Å². The zero-order valence-electron chi connectivity index (χ0n) is 19.5. The highest BCUT2D eigenvalue weighted by Gasteiger charge is 2.52. The molecule has 3 aliphatic rings. The zero-order valence-corrected chi connectivity index (χ0v) is 19.5. The van der Waals surface area contributed by atoms with Crippen LogP contribution >= 0.6 is 0 Å². The van der Waals surface area contributed by atoms with Crippen molar-refractivity contribution in [1.82, 2.24) is 20.0 Å². The van der Waals surface area contributed by atoms with Gasteiger partial charge in [-0.25, -0.2) is 4.79 Å². The van der Waals surface area contributed by atoms with Crippen LogP contribution in [0.25, 0.3) is 0 Å². The first-order chi connectivity index (χ1) is 15.8. The number of carbonyl (C=O) groups is 4. The Hall–Kier alpha value is -2.94. The lowest BCUT2D eigenvalue weighted by Gasteiger charge is -2.34. The van der Waals surface area contributed by atoms with Crippen LogP contribution in [-0.2, 0) is 14.4 Å². The van der Waals surface area contributed by atoms with Gasteiger partial charge in [-0.2, -0.15) is 0 Å². The number of anilines is 1. The number of benzene rings is 1. The van der Waals surface area contributed by atoms with Crippen molar-refractivity contribution in [3.05, 3.63) is 29.3 Å². The molecule has 1 spiro atoms. The summed E-state index contributed by atoms with van der Waals surface area (Å²) in [5.41, 5.74) is 2.19. The van der Waals surface area contributed by atoms with Gasteiger partial charge in [0.25, 0.3) is 5.91 Å². The van der Waals surface area contributed by atoms with Crippen molar-refractivity contribution in [3.63, 3.8) is 0 Å². The number of rotatable bonds is 6. The summed E-state index contributed by atoms with van der Waals surface area (Å²) >= 11 is 0. The molecule has 0 radical (unpaired) electrons. The fourth-order valence-corrected chi connectivity index (χ4v) is 5.11. The summed E-state index contributed by atoms with van der Waals surface area (Å²) in [6.45, 7) is 6.61. The second kappa shape index (κ2) is 9.51. The van der Waals surface area contributed by atoms with Crippen molar-refractivity contribution in [1.29, 1.82) is 0 Å². The topological polar surface area (TPSA) is 102 Å². The molecule has 9 heteroatoms. The molecule has 0 atom stereocenters. The van der Waals surface area contributed by atoms with Gasteiger partial charge in [0, 0.05) is 44.8 Å². The molecule has 0 aromatic heterocycles. The first kappa shape index (κ1) is 23.2. The number of para-hydroxylation sites is 1. The van der Waals surface area contributed by atoms with E-state index in [0.717, 1.165) is 29.7 Å². The third-order valence-corrected chi connectivity index (χ3v) is 7.09. The minimum atomic E-state index is -0.733. The van der Waals surface area contributed by atoms with Gasteiger partial charge in [-0.1, -0.05) is 31.0 Å². The number of aryl methyl sites for hydroxylation is 2. The lowest BCUT2D eigenvalue weighted by molar-refractivity contribution is -0.134. The summed E-state index contributed by atoms with van der Waals surface area (Å²) in [6.07, 6.45) is 3.36. The molecule has 3 fully saturated rings. The number of imide groups is 1. The first-order valence-electron chi connectivity index (χ1n) is 11.8. The van der Waals surface area contributed by atoms with Crippen LogP contribution in [0.5, 0.6) is 0 Å². The maximum absolute atomic E-state index is 12.7. The summed E-state index contributed by atoms with van der Waals surface area (Å²) in [5.74, 6) is -0.313. The average Bonchev–Trinajstić information content (AvgIpc) is 3.34. The first-order valence-corrected chi connectivity index (χ1v) is 11.8. The van der Waals surface area contributed by atoms with Crippen LogP contribution in [0.1, 0.15) is 43.2 Å². The summed E-state index contributed by atoms with van der Waals surface area (Å²) < 4.78 is 0. The largest absolute Gasteiger partial charge is 0.340 e. The maximum atomic E-state index is 12.7. The van der Waals surface area contributed by atoms with Gasteiger partial charge in [0.05, 0.1) is 6.54 Å². The summed E-state index contributed by atoms with van der Waals surface area (Å²) in [4.78, 5) is 55.2. The highest BCUT2D eigenvalue weighted by molar-refractivity contribution is 6.07. The molecule has 33 heavy (non-hydrogen) atoms. The predicted molar refractivity (Wildman–Crippen MR) is 124 cm³/mol. The smallest absolute Gasteiger partial charge is 0.325 e. The molecule has 1 aliphatic carbocycles. The van der Waals surface area contributed by atoms with Gasteiger partial charge in [0.15, 0.2) is 0 Å². The van der Waals surface area contributed by atoms with E-state index in [0.29, 0.717) is 39.0 Å². The Morgan fingerprint density at radius 1 is 1.03 bits per heavy atom. The van der Waals surface area contributed by atoms with Crippen LogP contribution in [0.2, 0.25) is 0 Å². The molecule has 0 unspecified atom stereocenters. The number of nitrogens with one attached hydrogen (secondary N) is 2. The predicted octanol–water partition coefficient (Wildman–Crippen LogP) is 1.64. The van der Waals surface area contributed by atoms with Crippen LogP contribution in [0.15, 0.2) is 18.2 Å². The Bertz CT molecular complexity index is 928. The quantitative estimate of drug-likeness (QED) is 0.635. The van der Waals surface area contributed by atoms with Gasteiger partial charge in [-0.05, 0) is 37.8 Å². The fourth-order valence-electron chi connectivity index (χ4n) is 5.11. The minimum Gasteiger partial charge on any atom is -0.340 e. The second-order valence-electron chi connectivity index (χ2n) is 9.40. The van der Waals surface area contributed by atoms with E-state index in [9.17, 15) is 19.2 Å². The lowest BCUT2D eigenvalue weighted by Crippen LogP contribution is -2.51. The van der Waals surface area contributed by atoms with E-state index in [1.807, 2.05) is 36.9 Å². The van der Waals surface area contributed by atoms with Crippen molar-refractivity contribution in [3.8, 4) is 0 Å². The lowest BCUT2D eigenvalue weighted by atomic mass is 9.98. The van der Waals surface area contributed by atoms with E-state index in [1.54, 1.807) is 4.90 Å². The Labute approximate surface area is 194 Å². The van der Waals surface area contributed by atoms with Gasteiger partial charge < -0.3 is 15.5 Å². The molecule has 178 valence electrons. The Kier molecular flexibility index (Phi) is 6.69. The zero-order chi connectivity index (χ0) is 23.6. The van der Waals surface area contributed by atoms with Crippen molar-refractivity contribution in [2.24, 2.45) is 0 Å². The standard InChI is InChI=1S/C24H33N5O4/c1-17-6-5-7-18(2)21(17)25-19(30)16-27-12-14-28(15-13-27)20(31)8-11-29-22(32)24(26-23(29)33)9-3-4-10-24/h5-7H,3-4,8-16H2,1-2H3,(H,25,30)(H,26,33). The number of nitrogens with zero attached hydrogens (tertiary/aromatic N) is 3. The molecule has 2 aliphatic heterocycles. The molecule has 9 nitrogen and oxygen atoms in total. The highest BCUT2D eigenvalue weighted by Crippen LogP contribution is 2.35. The van der Waals surface area contributed by atoms with E-state index in [1.165, 1.54) is 4.90 Å². The van der Waals surface area contributed by atoms with Crippen molar-refractivity contribution in [2.75, 3.05) is 44.6 Å². The van der Waals surface area contributed by atoms with Crippen LogP contribution in [-0.4, -0.2) is 83.3 Å². The van der Waals surface area contributed by atoms with Crippen LogP contribution in [0, 0.1) is 13.8 Å². The molecule has 2 saturated heterocycles. The third-order valence-electron chi connectivity index (χ3n) is 7.09. The molecule has 2 heterocycles. The summed E-state index contributed by atoms with van der Waals surface area (Å²) in [6, 6.07) is 5.53. The van der Waals surface area contributed by atoms with E-state index < -0.39 is 5.54 Å². The molecular formula is C24H33N5O4. The van der Waals surface area contributed by atoms with Crippen molar-refractivity contribution >= 4 is 29.4 Å². The Morgan fingerprint density at radius 3 is 2.30 bits per heavy atom. The monoisotopic (exact) mass is 455 g/mol. The minimum absolute atomic E-state index is 0.0634. The second-order valence-corrected chi connectivity index (χ2v) is 9.40. The van der Waals surface area contributed by atoms with Gasteiger partial charge in [-0.15, -0.1) is 0 Å². The fraction of sp³-hybridized carbons (Fsp3) is 0.583.